The fraction of sp³-hybridized carbons (Fsp3) is 0.816. The molecule has 12 nitrogen and oxygen atoms in total. The fourth-order valence-electron chi connectivity index (χ4n) is 7.30. The van der Waals surface area contributed by atoms with Crippen LogP contribution < -0.4 is 0 Å². The van der Waals surface area contributed by atoms with Crippen LogP contribution in [0.1, 0.15) is 50.5 Å². The second-order valence-electron chi connectivity index (χ2n) is 13.9. The van der Waals surface area contributed by atoms with Crippen LogP contribution >= 0.6 is 0 Å². The molecule has 0 N–H and O–H groups in total. The first-order chi connectivity index (χ1) is 24.5. The van der Waals surface area contributed by atoms with Crippen LogP contribution in [0.5, 0.6) is 0 Å². The van der Waals surface area contributed by atoms with Crippen LogP contribution in [0.3, 0.4) is 0 Å². The lowest BCUT2D eigenvalue weighted by atomic mass is 9.68. The van der Waals surface area contributed by atoms with E-state index in [0.717, 1.165) is 38.8 Å². The normalized spacial score (nSPS) is 22.7. The summed E-state index contributed by atoms with van der Waals surface area (Å²) in [4.78, 5) is 20.5. The minimum atomic E-state index is -0.0846. The third-order valence-corrected chi connectivity index (χ3v) is 10.6. The highest BCUT2D eigenvalue weighted by Gasteiger charge is 2.54. The molecule has 1 saturated heterocycles. The Hall–Kier alpha value is -1.87. The van der Waals surface area contributed by atoms with Gasteiger partial charge in [-0.05, 0) is 64.1 Å². The molecule has 1 aromatic carbocycles. The van der Waals surface area contributed by atoms with Gasteiger partial charge in [-0.25, -0.2) is 4.79 Å². The number of methoxy groups -OCH3 is 1. The number of rotatable bonds is 28. The maximum absolute atomic E-state index is 13.8. The van der Waals surface area contributed by atoms with Crippen LogP contribution in [-0.2, 0) is 43.4 Å². The van der Waals surface area contributed by atoms with Crippen molar-refractivity contribution in [3.05, 3.63) is 35.9 Å². The lowest BCUT2D eigenvalue weighted by molar-refractivity contribution is -0.0223. The van der Waals surface area contributed by atoms with Gasteiger partial charge in [0.05, 0.1) is 105 Å². The summed E-state index contributed by atoms with van der Waals surface area (Å²) in [6.07, 6.45) is 7.93. The molecule has 4 rings (SSSR count). The van der Waals surface area contributed by atoms with Gasteiger partial charge in [-0.1, -0.05) is 36.8 Å². The number of ether oxygens (including phenoxy) is 8. The molecule has 0 aromatic heterocycles. The third kappa shape index (κ3) is 12.7. The smallest absolute Gasteiger partial charge is 0.320 e. The van der Waals surface area contributed by atoms with E-state index in [2.05, 4.69) is 54.2 Å². The maximum atomic E-state index is 13.8. The van der Waals surface area contributed by atoms with Gasteiger partial charge in [0.1, 0.15) is 0 Å². The van der Waals surface area contributed by atoms with E-state index in [1.165, 1.54) is 24.8 Å². The first-order valence-electron chi connectivity index (χ1n) is 18.8. The number of urea groups is 1. The number of carbonyl (C=O) groups excluding carboxylic acids is 1. The Kier molecular flexibility index (Phi) is 18.8. The predicted molar refractivity (Wildman–Crippen MR) is 192 cm³/mol. The second kappa shape index (κ2) is 22.9. The van der Waals surface area contributed by atoms with E-state index in [4.69, 9.17) is 37.9 Å². The highest BCUT2D eigenvalue weighted by molar-refractivity contribution is 5.78. The van der Waals surface area contributed by atoms with E-state index in [0.29, 0.717) is 112 Å². The summed E-state index contributed by atoms with van der Waals surface area (Å²) in [5, 5.41) is 0. The molecule has 12 heteroatoms. The lowest BCUT2D eigenvalue weighted by Crippen LogP contribution is -2.56. The number of amides is 2. The molecule has 3 fully saturated rings. The van der Waals surface area contributed by atoms with Crippen molar-refractivity contribution in [2.24, 2.45) is 5.92 Å². The first-order valence-corrected chi connectivity index (χ1v) is 18.8. The molecule has 2 amide bonds. The van der Waals surface area contributed by atoms with Gasteiger partial charge in [-0.15, -0.1) is 0 Å². The minimum Gasteiger partial charge on any atom is -0.382 e. The highest BCUT2D eigenvalue weighted by Crippen LogP contribution is 2.49. The average Bonchev–Trinajstić information content (AvgIpc) is 3.36. The zero-order chi connectivity index (χ0) is 35.3. The monoisotopic (exact) mass is 707 g/mol. The standard InChI is InChI=1S/C38H65N3O9/c1-39(2)38(35-10-5-4-6-11-35)14-12-37(13-15-38)33-40(36(42)41(37)32-34-8-7-9-34)16-17-44-20-21-46-24-25-48-28-29-50-31-30-49-27-26-47-23-22-45-19-18-43-3/h4-6,10-11,34H,7-9,12-33H2,1-3H3/t37-,38-. The van der Waals surface area contributed by atoms with E-state index in [-0.39, 0.29) is 17.1 Å². The van der Waals surface area contributed by atoms with Crippen LogP contribution in [0.4, 0.5) is 4.79 Å². The summed E-state index contributed by atoms with van der Waals surface area (Å²) in [5.74, 6) is 0.648. The predicted octanol–water partition coefficient (Wildman–Crippen LogP) is 4.06. The molecule has 1 heterocycles. The largest absolute Gasteiger partial charge is 0.382 e. The Morgan fingerprint density at radius 3 is 1.54 bits per heavy atom. The molecule has 2 aliphatic carbocycles. The van der Waals surface area contributed by atoms with Crippen molar-refractivity contribution in [1.29, 1.82) is 0 Å². The van der Waals surface area contributed by atoms with Crippen molar-refractivity contribution in [3.63, 3.8) is 0 Å². The first kappa shape index (κ1) is 40.9. The molecule has 0 atom stereocenters. The number of nitrogens with zero attached hydrogens (tertiary/aromatic N) is 3. The lowest BCUT2D eigenvalue weighted by Gasteiger charge is -2.51. The van der Waals surface area contributed by atoms with Gasteiger partial charge in [0, 0.05) is 32.3 Å². The van der Waals surface area contributed by atoms with E-state index >= 15 is 0 Å². The van der Waals surface area contributed by atoms with Crippen molar-refractivity contribution >= 4 is 6.03 Å². The molecule has 1 aliphatic heterocycles. The van der Waals surface area contributed by atoms with Gasteiger partial charge >= 0.3 is 6.03 Å². The Balaban J connectivity index is 1.01. The van der Waals surface area contributed by atoms with Crippen LogP contribution in [-0.4, -0.2) is 166 Å². The summed E-state index contributed by atoms with van der Waals surface area (Å²) in [7, 11) is 6.06. The van der Waals surface area contributed by atoms with Crippen LogP contribution in [0.2, 0.25) is 0 Å². The van der Waals surface area contributed by atoms with Gasteiger partial charge in [-0.2, -0.15) is 0 Å². The quantitative estimate of drug-likeness (QED) is 0.119. The van der Waals surface area contributed by atoms with Gasteiger partial charge in [-0.3, -0.25) is 4.90 Å². The van der Waals surface area contributed by atoms with E-state index in [1.54, 1.807) is 7.11 Å². The van der Waals surface area contributed by atoms with Crippen molar-refractivity contribution in [1.82, 2.24) is 14.7 Å². The molecule has 1 spiro atoms. The number of hydrogen-bond acceptors (Lipinski definition) is 10. The second-order valence-corrected chi connectivity index (χ2v) is 13.9. The van der Waals surface area contributed by atoms with Crippen molar-refractivity contribution in [3.8, 4) is 0 Å². The molecule has 0 bridgehead atoms. The molecular formula is C38H65N3O9. The molecule has 0 unspecified atom stereocenters. The third-order valence-electron chi connectivity index (χ3n) is 10.6. The van der Waals surface area contributed by atoms with E-state index < -0.39 is 0 Å². The Morgan fingerprint density at radius 2 is 1.12 bits per heavy atom. The van der Waals surface area contributed by atoms with Gasteiger partial charge < -0.3 is 47.7 Å². The topological polar surface area (TPSA) is 101 Å². The molecule has 50 heavy (non-hydrogen) atoms. The van der Waals surface area contributed by atoms with Gasteiger partial charge in [0.15, 0.2) is 0 Å². The minimum absolute atomic E-state index is 0.0138. The van der Waals surface area contributed by atoms with E-state index in [9.17, 15) is 4.79 Å². The average molecular weight is 708 g/mol. The number of hydrogen-bond donors (Lipinski definition) is 0. The Bertz CT molecular complexity index is 1040. The SMILES string of the molecule is COCCOCCOCCOCCOCCOCCOCCOCCN1C[C@]2(CC[C@@](c3ccccc3)(N(C)C)CC2)N(CC2CCC2)C1=O. The van der Waals surface area contributed by atoms with Crippen molar-refractivity contribution in [2.45, 2.75) is 56.0 Å². The van der Waals surface area contributed by atoms with Crippen LogP contribution in [0, 0.1) is 5.92 Å². The maximum Gasteiger partial charge on any atom is 0.320 e. The Morgan fingerprint density at radius 1 is 0.660 bits per heavy atom. The molecule has 1 aromatic rings. The zero-order valence-corrected chi connectivity index (χ0v) is 31.2. The molecule has 0 radical (unpaired) electrons. The molecule has 2 saturated carbocycles. The number of carbonyl (C=O) groups is 1. The van der Waals surface area contributed by atoms with E-state index in [1.807, 2.05) is 4.90 Å². The number of benzene rings is 1. The Labute approximate surface area is 300 Å². The molecular weight excluding hydrogens is 642 g/mol. The van der Waals surface area contributed by atoms with Crippen LogP contribution in [0.25, 0.3) is 0 Å². The summed E-state index contributed by atoms with van der Waals surface area (Å²) in [5.41, 5.74) is 1.31. The summed E-state index contributed by atoms with van der Waals surface area (Å²) in [6, 6.07) is 11.1. The zero-order valence-electron chi connectivity index (χ0n) is 31.2. The van der Waals surface area contributed by atoms with Crippen LogP contribution in [0.15, 0.2) is 30.3 Å². The van der Waals surface area contributed by atoms with Gasteiger partial charge in [0.2, 0.25) is 0 Å². The fourth-order valence-corrected chi connectivity index (χ4v) is 7.30. The van der Waals surface area contributed by atoms with Crippen molar-refractivity contribution < 1.29 is 42.7 Å². The highest BCUT2D eigenvalue weighted by atomic mass is 16.6. The molecule has 3 aliphatic rings. The van der Waals surface area contributed by atoms with Gasteiger partial charge in [0.25, 0.3) is 0 Å². The summed E-state index contributed by atoms with van der Waals surface area (Å²) < 4.78 is 43.8. The molecule has 286 valence electrons. The summed E-state index contributed by atoms with van der Waals surface area (Å²) >= 11 is 0. The van der Waals surface area contributed by atoms with Crippen molar-refractivity contribution in [2.75, 3.05) is 140 Å². The summed E-state index contributed by atoms with van der Waals surface area (Å²) in [6.45, 7) is 10.3.